The van der Waals surface area contributed by atoms with Gasteiger partial charge in [-0.05, 0) is 24.6 Å². The fourth-order valence-corrected chi connectivity index (χ4v) is 2.48. The van der Waals surface area contributed by atoms with Gasteiger partial charge in [-0.1, -0.05) is 48.0 Å². The fraction of sp³-hybridized carbons (Fsp3) is 0.533. The van der Waals surface area contributed by atoms with Crippen LogP contribution in [0.5, 0.6) is 0 Å². The van der Waals surface area contributed by atoms with Gasteiger partial charge in [-0.15, -0.1) is 0 Å². The normalized spacial score (nSPS) is 12.5. The Labute approximate surface area is 124 Å². The predicted molar refractivity (Wildman–Crippen MR) is 82.9 cm³/mol. The van der Waals surface area contributed by atoms with Crippen LogP contribution in [0.1, 0.15) is 19.4 Å². The standard InChI is InChI=1S/C15H23BrN2O/c1-11(2)13(9-17-3)15(19)18(4)10-12-7-5-6-8-14(12)16/h5-8,11,13,17H,9-10H2,1-4H3. The van der Waals surface area contributed by atoms with E-state index in [1.165, 1.54) is 0 Å². The first-order valence-electron chi connectivity index (χ1n) is 6.60. The molecule has 0 fully saturated rings. The molecule has 0 radical (unpaired) electrons. The zero-order chi connectivity index (χ0) is 14.4. The third-order valence-electron chi connectivity index (χ3n) is 3.29. The van der Waals surface area contributed by atoms with Crippen LogP contribution in [-0.4, -0.2) is 31.4 Å². The highest BCUT2D eigenvalue weighted by molar-refractivity contribution is 9.10. The first-order chi connectivity index (χ1) is 8.97. The molecule has 0 aromatic heterocycles. The number of amides is 1. The van der Waals surface area contributed by atoms with E-state index in [9.17, 15) is 4.79 Å². The number of nitrogens with zero attached hydrogens (tertiary/aromatic N) is 1. The largest absolute Gasteiger partial charge is 0.341 e. The monoisotopic (exact) mass is 326 g/mol. The van der Waals surface area contributed by atoms with Gasteiger partial charge < -0.3 is 10.2 Å². The topological polar surface area (TPSA) is 32.3 Å². The molecule has 1 rings (SSSR count). The minimum absolute atomic E-state index is 0.0255. The van der Waals surface area contributed by atoms with E-state index in [1.807, 2.05) is 43.3 Å². The summed E-state index contributed by atoms with van der Waals surface area (Å²) in [4.78, 5) is 14.3. The smallest absolute Gasteiger partial charge is 0.227 e. The van der Waals surface area contributed by atoms with Crippen molar-refractivity contribution in [1.29, 1.82) is 0 Å². The highest BCUT2D eigenvalue weighted by Gasteiger charge is 2.24. The Bertz CT molecular complexity index is 420. The second-order valence-electron chi connectivity index (χ2n) is 5.19. The Balaban J connectivity index is 2.74. The average molecular weight is 327 g/mol. The summed E-state index contributed by atoms with van der Waals surface area (Å²) in [6, 6.07) is 8.01. The summed E-state index contributed by atoms with van der Waals surface area (Å²) in [5, 5.41) is 3.10. The van der Waals surface area contributed by atoms with Crippen molar-refractivity contribution in [2.45, 2.75) is 20.4 Å². The SMILES string of the molecule is CNCC(C(=O)N(C)Cc1ccccc1Br)C(C)C. The van der Waals surface area contributed by atoms with Crippen LogP contribution in [0.2, 0.25) is 0 Å². The lowest BCUT2D eigenvalue weighted by Gasteiger charge is -2.26. The van der Waals surface area contributed by atoms with Gasteiger partial charge in [0.25, 0.3) is 0 Å². The number of hydrogen-bond acceptors (Lipinski definition) is 2. The van der Waals surface area contributed by atoms with Crippen LogP contribution in [-0.2, 0) is 11.3 Å². The molecule has 4 heteroatoms. The van der Waals surface area contributed by atoms with Gasteiger partial charge in [0.15, 0.2) is 0 Å². The lowest BCUT2D eigenvalue weighted by Crippen LogP contribution is -2.39. The molecule has 0 aliphatic heterocycles. The summed E-state index contributed by atoms with van der Waals surface area (Å²) in [5.74, 6) is 0.555. The van der Waals surface area contributed by atoms with E-state index in [4.69, 9.17) is 0 Å². The summed E-state index contributed by atoms with van der Waals surface area (Å²) in [6.07, 6.45) is 0. The van der Waals surface area contributed by atoms with Crippen molar-refractivity contribution >= 4 is 21.8 Å². The maximum atomic E-state index is 12.5. The van der Waals surface area contributed by atoms with Gasteiger partial charge in [-0.2, -0.15) is 0 Å². The van der Waals surface area contributed by atoms with Gasteiger partial charge in [0.1, 0.15) is 0 Å². The molecule has 0 saturated carbocycles. The van der Waals surface area contributed by atoms with Gasteiger partial charge in [0.05, 0.1) is 5.92 Å². The van der Waals surface area contributed by atoms with E-state index < -0.39 is 0 Å². The third kappa shape index (κ3) is 4.62. The zero-order valence-corrected chi connectivity index (χ0v) is 13.7. The molecule has 0 heterocycles. The lowest BCUT2D eigenvalue weighted by atomic mass is 9.94. The van der Waals surface area contributed by atoms with Gasteiger partial charge in [-0.3, -0.25) is 4.79 Å². The highest BCUT2D eigenvalue weighted by atomic mass is 79.9. The van der Waals surface area contributed by atoms with Crippen LogP contribution in [0, 0.1) is 11.8 Å². The van der Waals surface area contributed by atoms with E-state index in [-0.39, 0.29) is 11.8 Å². The Morgan fingerprint density at radius 1 is 1.37 bits per heavy atom. The maximum absolute atomic E-state index is 12.5. The van der Waals surface area contributed by atoms with Crippen LogP contribution in [0.4, 0.5) is 0 Å². The van der Waals surface area contributed by atoms with Crippen LogP contribution in [0.25, 0.3) is 0 Å². The van der Waals surface area contributed by atoms with Crippen molar-refractivity contribution in [3.63, 3.8) is 0 Å². The Morgan fingerprint density at radius 2 is 2.00 bits per heavy atom. The number of hydrogen-bond donors (Lipinski definition) is 1. The first kappa shape index (κ1) is 16.2. The molecule has 1 N–H and O–H groups in total. The van der Waals surface area contributed by atoms with Gasteiger partial charge in [0.2, 0.25) is 5.91 Å². The zero-order valence-electron chi connectivity index (χ0n) is 12.1. The van der Waals surface area contributed by atoms with Crippen molar-refractivity contribution in [3.05, 3.63) is 34.3 Å². The van der Waals surface area contributed by atoms with Crippen LogP contribution >= 0.6 is 15.9 Å². The summed E-state index contributed by atoms with van der Waals surface area (Å²) < 4.78 is 1.05. The second-order valence-corrected chi connectivity index (χ2v) is 6.05. The molecular weight excluding hydrogens is 304 g/mol. The number of benzene rings is 1. The molecule has 1 aromatic carbocycles. The second kappa shape index (κ2) is 7.65. The van der Waals surface area contributed by atoms with Crippen LogP contribution in [0.3, 0.4) is 0 Å². The summed E-state index contributed by atoms with van der Waals surface area (Å²) >= 11 is 3.52. The van der Waals surface area contributed by atoms with Crippen LogP contribution in [0.15, 0.2) is 28.7 Å². The number of nitrogens with one attached hydrogen (secondary N) is 1. The van der Waals surface area contributed by atoms with E-state index in [2.05, 4.69) is 35.1 Å². The van der Waals surface area contributed by atoms with Crippen molar-refractivity contribution in [2.75, 3.05) is 20.6 Å². The lowest BCUT2D eigenvalue weighted by molar-refractivity contribution is -0.136. The van der Waals surface area contributed by atoms with Gasteiger partial charge in [0, 0.05) is 24.6 Å². The van der Waals surface area contributed by atoms with Gasteiger partial charge >= 0.3 is 0 Å². The van der Waals surface area contributed by atoms with Crippen LogP contribution < -0.4 is 5.32 Å². The molecule has 1 unspecified atom stereocenters. The minimum Gasteiger partial charge on any atom is -0.341 e. The Kier molecular flexibility index (Phi) is 6.52. The Morgan fingerprint density at radius 3 is 2.53 bits per heavy atom. The maximum Gasteiger partial charge on any atom is 0.227 e. The molecule has 0 aliphatic rings. The number of rotatable bonds is 6. The molecule has 1 aromatic rings. The molecule has 106 valence electrons. The average Bonchev–Trinajstić information content (AvgIpc) is 2.37. The molecular formula is C15H23BrN2O. The molecule has 0 spiro atoms. The number of carbonyl (C=O) groups excluding carboxylic acids is 1. The fourth-order valence-electron chi connectivity index (χ4n) is 2.07. The molecule has 0 saturated heterocycles. The van der Waals surface area contributed by atoms with E-state index >= 15 is 0 Å². The molecule has 1 atom stereocenters. The van der Waals surface area contributed by atoms with E-state index in [1.54, 1.807) is 0 Å². The molecule has 3 nitrogen and oxygen atoms in total. The molecule has 0 aliphatic carbocycles. The first-order valence-corrected chi connectivity index (χ1v) is 7.39. The predicted octanol–water partition coefficient (Wildman–Crippen LogP) is 2.90. The molecule has 1 amide bonds. The van der Waals surface area contributed by atoms with Crippen molar-refractivity contribution < 1.29 is 4.79 Å². The van der Waals surface area contributed by atoms with Crippen molar-refractivity contribution in [2.24, 2.45) is 11.8 Å². The van der Waals surface area contributed by atoms with Gasteiger partial charge in [-0.25, -0.2) is 0 Å². The summed E-state index contributed by atoms with van der Waals surface area (Å²) in [5.41, 5.74) is 1.13. The highest BCUT2D eigenvalue weighted by Crippen LogP contribution is 2.19. The van der Waals surface area contributed by atoms with E-state index in [0.717, 1.165) is 16.6 Å². The molecule has 19 heavy (non-hydrogen) atoms. The quantitative estimate of drug-likeness (QED) is 0.871. The molecule has 0 bridgehead atoms. The minimum atomic E-state index is 0.0255. The van der Waals surface area contributed by atoms with Crippen molar-refractivity contribution in [3.8, 4) is 0 Å². The third-order valence-corrected chi connectivity index (χ3v) is 4.06. The number of carbonyl (C=O) groups is 1. The summed E-state index contributed by atoms with van der Waals surface area (Å²) in [6.45, 7) is 5.53. The summed E-state index contributed by atoms with van der Waals surface area (Å²) in [7, 11) is 3.75. The van der Waals surface area contributed by atoms with E-state index in [0.29, 0.717) is 12.5 Å². The Hall–Kier alpha value is -0.870. The number of halogens is 1. The van der Waals surface area contributed by atoms with Crippen molar-refractivity contribution in [1.82, 2.24) is 10.2 Å².